The molecule has 5 nitrogen and oxygen atoms in total. The summed E-state index contributed by atoms with van der Waals surface area (Å²) in [5.41, 5.74) is 1.77. The number of hydrogen-bond acceptors (Lipinski definition) is 4. The molecule has 1 aliphatic rings. The van der Waals surface area contributed by atoms with Crippen molar-refractivity contribution in [3.8, 4) is 0 Å². The van der Waals surface area contributed by atoms with Gasteiger partial charge >= 0.3 is 0 Å². The number of rotatable bonds is 6. The van der Waals surface area contributed by atoms with Crippen LogP contribution < -0.4 is 10.6 Å². The van der Waals surface area contributed by atoms with Gasteiger partial charge in [0, 0.05) is 37.6 Å². The van der Waals surface area contributed by atoms with Gasteiger partial charge in [-0.3, -0.25) is 4.79 Å². The van der Waals surface area contributed by atoms with Crippen LogP contribution in [0, 0.1) is 5.92 Å². The Morgan fingerprint density at radius 2 is 2.32 bits per heavy atom. The van der Waals surface area contributed by atoms with Gasteiger partial charge in [-0.05, 0) is 24.6 Å². The number of amides is 1. The van der Waals surface area contributed by atoms with Crippen LogP contribution in [-0.2, 0) is 14.3 Å². The molecule has 0 radical (unpaired) electrons. The molecule has 1 unspecified atom stereocenters. The Labute approximate surface area is 113 Å². The second-order valence-electron chi connectivity index (χ2n) is 4.67. The van der Waals surface area contributed by atoms with Crippen molar-refractivity contribution in [2.75, 3.05) is 44.1 Å². The largest absolute Gasteiger partial charge is 0.385 e. The van der Waals surface area contributed by atoms with Crippen molar-refractivity contribution < 1.29 is 14.3 Å². The van der Waals surface area contributed by atoms with Gasteiger partial charge in [0.25, 0.3) is 0 Å². The zero-order chi connectivity index (χ0) is 13.5. The molecule has 2 N–H and O–H groups in total. The van der Waals surface area contributed by atoms with Crippen molar-refractivity contribution >= 4 is 17.3 Å². The van der Waals surface area contributed by atoms with E-state index in [1.165, 1.54) is 7.11 Å². The van der Waals surface area contributed by atoms with E-state index in [9.17, 15) is 4.79 Å². The molecule has 1 amide bonds. The summed E-state index contributed by atoms with van der Waals surface area (Å²) in [6.45, 7) is 2.66. The fourth-order valence-electron chi connectivity index (χ4n) is 2.04. The van der Waals surface area contributed by atoms with Crippen LogP contribution in [0.15, 0.2) is 24.3 Å². The SMILES string of the molecule is COCC(=O)Nc1cccc(NCC2CCOC2)c1. The fraction of sp³-hybridized carbons (Fsp3) is 0.500. The average Bonchev–Trinajstić information content (AvgIpc) is 2.90. The molecule has 0 bridgehead atoms. The third kappa shape index (κ3) is 4.54. The number of anilines is 2. The highest BCUT2D eigenvalue weighted by Crippen LogP contribution is 2.17. The van der Waals surface area contributed by atoms with Crippen LogP contribution >= 0.6 is 0 Å². The number of hydrogen-bond donors (Lipinski definition) is 2. The highest BCUT2D eigenvalue weighted by Gasteiger charge is 2.14. The summed E-state index contributed by atoms with van der Waals surface area (Å²) in [6, 6.07) is 7.68. The minimum Gasteiger partial charge on any atom is -0.385 e. The summed E-state index contributed by atoms with van der Waals surface area (Å²) in [7, 11) is 1.50. The predicted molar refractivity (Wildman–Crippen MR) is 74.4 cm³/mol. The van der Waals surface area contributed by atoms with Crippen LogP contribution in [0.25, 0.3) is 0 Å². The first-order valence-electron chi connectivity index (χ1n) is 6.48. The van der Waals surface area contributed by atoms with Gasteiger partial charge in [0.05, 0.1) is 6.61 Å². The van der Waals surface area contributed by atoms with Gasteiger partial charge in [-0.25, -0.2) is 0 Å². The second kappa shape index (κ2) is 7.11. The molecule has 19 heavy (non-hydrogen) atoms. The van der Waals surface area contributed by atoms with Crippen LogP contribution in [0.2, 0.25) is 0 Å². The lowest BCUT2D eigenvalue weighted by atomic mass is 10.1. The van der Waals surface area contributed by atoms with Crippen LogP contribution in [0.5, 0.6) is 0 Å². The first-order valence-corrected chi connectivity index (χ1v) is 6.48. The van der Waals surface area contributed by atoms with Gasteiger partial charge in [0.1, 0.15) is 6.61 Å². The summed E-state index contributed by atoms with van der Waals surface area (Å²) >= 11 is 0. The van der Waals surface area contributed by atoms with Crippen molar-refractivity contribution in [3.05, 3.63) is 24.3 Å². The van der Waals surface area contributed by atoms with E-state index in [1.807, 2.05) is 24.3 Å². The second-order valence-corrected chi connectivity index (χ2v) is 4.67. The maximum absolute atomic E-state index is 11.4. The average molecular weight is 264 g/mol. The summed E-state index contributed by atoms with van der Waals surface area (Å²) in [5.74, 6) is 0.426. The van der Waals surface area contributed by atoms with Crippen LogP contribution in [0.1, 0.15) is 6.42 Å². The summed E-state index contributed by atoms with van der Waals surface area (Å²) in [5, 5.41) is 6.15. The molecule has 1 heterocycles. The lowest BCUT2D eigenvalue weighted by molar-refractivity contribution is -0.119. The Balaban J connectivity index is 1.85. The molecule has 104 valence electrons. The quantitative estimate of drug-likeness (QED) is 0.821. The summed E-state index contributed by atoms with van der Waals surface area (Å²) < 4.78 is 10.1. The Kier molecular flexibility index (Phi) is 5.18. The van der Waals surface area contributed by atoms with Gasteiger partial charge in [0.2, 0.25) is 5.91 Å². The zero-order valence-electron chi connectivity index (χ0n) is 11.1. The number of benzene rings is 1. The highest BCUT2D eigenvalue weighted by molar-refractivity contribution is 5.92. The van der Waals surface area contributed by atoms with Gasteiger partial charge < -0.3 is 20.1 Å². The third-order valence-electron chi connectivity index (χ3n) is 3.04. The first kappa shape index (κ1) is 13.8. The lowest BCUT2D eigenvalue weighted by Gasteiger charge is -2.12. The number of methoxy groups -OCH3 is 1. The van der Waals surface area contributed by atoms with Crippen molar-refractivity contribution in [1.82, 2.24) is 0 Å². The molecule has 1 aromatic carbocycles. The standard InChI is InChI=1S/C14H20N2O3/c1-18-10-14(17)16-13-4-2-3-12(7-13)15-8-11-5-6-19-9-11/h2-4,7,11,15H,5-6,8-10H2,1H3,(H,16,17). The highest BCUT2D eigenvalue weighted by atomic mass is 16.5. The molecule has 1 aliphatic heterocycles. The molecule has 1 saturated heterocycles. The van der Waals surface area contributed by atoms with Crippen LogP contribution in [0.3, 0.4) is 0 Å². The number of nitrogens with one attached hydrogen (secondary N) is 2. The topological polar surface area (TPSA) is 59.6 Å². The molecule has 0 aliphatic carbocycles. The van der Waals surface area contributed by atoms with E-state index in [-0.39, 0.29) is 12.5 Å². The molecule has 2 rings (SSSR count). The van der Waals surface area contributed by atoms with Crippen molar-refractivity contribution in [1.29, 1.82) is 0 Å². The Morgan fingerprint density at radius 1 is 1.47 bits per heavy atom. The molecule has 5 heteroatoms. The van der Waals surface area contributed by atoms with Crippen molar-refractivity contribution in [2.24, 2.45) is 5.92 Å². The monoisotopic (exact) mass is 264 g/mol. The molecule has 1 atom stereocenters. The van der Waals surface area contributed by atoms with Crippen LogP contribution in [0.4, 0.5) is 11.4 Å². The fourth-order valence-corrected chi connectivity index (χ4v) is 2.04. The number of carbonyl (C=O) groups is 1. The summed E-state index contributed by atoms with van der Waals surface area (Å²) in [4.78, 5) is 11.4. The normalized spacial score (nSPS) is 18.3. The predicted octanol–water partition coefficient (Wildman–Crippen LogP) is 1.72. The maximum Gasteiger partial charge on any atom is 0.250 e. The van der Waals surface area contributed by atoms with E-state index in [1.54, 1.807) is 0 Å². The van der Waals surface area contributed by atoms with E-state index < -0.39 is 0 Å². The molecule has 0 aromatic heterocycles. The van der Waals surface area contributed by atoms with E-state index in [0.29, 0.717) is 5.92 Å². The van der Waals surface area contributed by atoms with Crippen LogP contribution in [-0.4, -0.2) is 39.4 Å². The minimum absolute atomic E-state index is 0.0665. The molecule has 0 saturated carbocycles. The van der Waals surface area contributed by atoms with Gasteiger partial charge in [0.15, 0.2) is 0 Å². The molecule has 0 spiro atoms. The van der Waals surface area contributed by atoms with Crippen molar-refractivity contribution in [3.63, 3.8) is 0 Å². The number of ether oxygens (including phenoxy) is 2. The Bertz CT molecular complexity index is 417. The summed E-state index contributed by atoms with van der Waals surface area (Å²) in [6.07, 6.45) is 1.11. The Hall–Kier alpha value is -1.59. The smallest absolute Gasteiger partial charge is 0.250 e. The lowest BCUT2D eigenvalue weighted by Crippen LogP contribution is -2.17. The molecule has 1 aromatic rings. The van der Waals surface area contributed by atoms with E-state index >= 15 is 0 Å². The van der Waals surface area contributed by atoms with Gasteiger partial charge in [-0.1, -0.05) is 6.07 Å². The van der Waals surface area contributed by atoms with E-state index in [0.717, 1.165) is 37.6 Å². The maximum atomic E-state index is 11.4. The molecular weight excluding hydrogens is 244 g/mol. The van der Waals surface area contributed by atoms with Crippen molar-refractivity contribution in [2.45, 2.75) is 6.42 Å². The van der Waals surface area contributed by atoms with E-state index in [4.69, 9.17) is 9.47 Å². The van der Waals surface area contributed by atoms with Gasteiger partial charge in [-0.2, -0.15) is 0 Å². The number of carbonyl (C=O) groups excluding carboxylic acids is 1. The minimum atomic E-state index is -0.149. The Morgan fingerprint density at radius 3 is 3.05 bits per heavy atom. The zero-order valence-corrected chi connectivity index (χ0v) is 11.1. The third-order valence-corrected chi connectivity index (χ3v) is 3.04. The van der Waals surface area contributed by atoms with E-state index in [2.05, 4.69) is 10.6 Å². The molecule has 1 fully saturated rings. The van der Waals surface area contributed by atoms with Gasteiger partial charge in [-0.15, -0.1) is 0 Å². The molecular formula is C14H20N2O3. The first-order chi connectivity index (χ1) is 9.28.